The minimum Gasteiger partial charge on any atom is -0.396 e. The first-order valence-electron chi connectivity index (χ1n) is 7.77. The number of hydrogen-bond donors (Lipinski definition) is 2. The fraction of sp³-hybridized carbons (Fsp3) is 0.800. The quantitative estimate of drug-likeness (QED) is 0.310. The van der Waals surface area contributed by atoms with Gasteiger partial charge in [0.1, 0.15) is 0 Å². The highest BCUT2D eigenvalue weighted by molar-refractivity contribution is 14.0. The summed E-state index contributed by atoms with van der Waals surface area (Å²) in [6.07, 6.45) is 5.72. The minimum absolute atomic E-state index is 0. The fourth-order valence-corrected chi connectivity index (χ4v) is 2.75. The average molecular weight is 408 g/mol. The van der Waals surface area contributed by atoms with E-state index in [1.165, 1.54) is 6.42 Å². The lowest BCUT2D eigenvalue weighted by molar-refractivity contribution is 0.241. The highest BCUT2D eigenvalue weighted by atomic mass is 127. The van der Waals surface area contributed by atoms with Crippen molar-refractivity contribution in [3.05, 3.63) is 12.2 Å². The van der Waals surface area contributed by atoms with Gasteiger partial charge in [0.15, 0.2) is 5.96 Å². The molecule has 1 fully saturated rings. The molecule has 6 heteroatoms. The zero-order valence-electron chi connectivity index (χ0n) is 13.2. The van der Waals surface area contributed by atoms with Gasteiger partial charge in [-0.2, -0.15) is 0 Å². The molecule has 0 aromatic heterocycles. The van der Waals surface area contributed by atoms with Gasteiger partial charge >= 0.3 is 0 Å². The summed E-state index contributed by atoms with van der Waals surface area (Å²) < 4.78 is 0. The summed E-state index contributed by atoms with van der Waals surface area (Å²) in [4.78, 5) is 9.55. The van der Waals surface area contributed by atoms with E-state index in [2.05, 4.69) is 39.2 Å². The number of nitrogens with zero attached hydrogens (tertiary/aromatic N) is 3. The molecular weight excluding hydrogens is 379 g/mol. The number of aliphatic imine (C=N–C) groups is 1. The van der Waals surface area contributed by atoms with Gasteiger partial charge in [-0.3, -0.25) is 9.89 Å². The van der Waals surface area contributed by atoms with Gasteiger partial charge in [0.25, 0.3) is 0 Å². The van der Waals surface area contributed by atoms with Crippen LogP contribution in [0.3, 0.4) is 0 Å². The Morgan fingerprint density at radius 1 is 1.43 bits per heavy atom. The molecule has 2 unspecified atom stereocenters. The normalized spacial score (nSPS) is 24.2. The summed E-state index contributed by atoms with van der Waals surface area (Å²) in [5, 5.41) is 12.5. The van der Waals surface area contributed by atoms with Gasteiger partial charge in [-0.15, -0.1) is 24.0 Å². The van der Waals surface area contributed by atoms with Crippen LogP contribution in [0.25, 0.3) is 0 Å². The molecule has 0 aliphatic carbocycles. The SMILES string of the molecule is CCNC(=NCC(C)CO)N1CCC(N2CC=CC2)C1.I. The van der Waals surface area contributed by atoms with E-state index in [4.69, 9.17) is 5.11 Å². The zero-order chi connectivity index (χ0) is 14.4. The number of aliphatic hydroxyl groups excluding tert-OH is 1. The predicted molar refractivity (Wildman–Crippen MR) is 98.3 cm³/mol. The number of nitrogens with one attached hydrogen (secondary N) is 1. The molecule has 2 rings (SSSR count). The molecular formula is C15H29IN4O. The minimum atomic E-state index is 0. The third kappa shape index (κ3) is 5.41. The van der Waals surface area contributed by atoms with Crippen molar-refractivity contribution in [3.63, 3.8) is 0 Å². The topological polar surface area (TPSA) is 51.1 Å². The van der Waals surface area contributed by atoms with Crippen LogP contribution in [0.2, 0.25) is 0 Å². The number of likely N-dealkylation sites (tertiary alicyclic amines) is 1. The molecule has 2 N–H and O–H groups in total. The number of guanidine groups is 1. The Balaban J connectivity index is 0.00000220. The Morgan fingerprint density at radius 3 is 2.76 bits per heavy atom. The molecule has 0 saturated carbocycles. The zero-order valence-corrected chi connectivity index (χ0v) is 15.5. The third-order valence-corrected chi connectivity index (χ3v) is 4.03. The number of rotatable bonds is 5. The molecule has 122 valence electrons. The van der Waals surface area contributed by atoms with Crippen LogP contribution in [0.5, 0.6) is 0 Å². The summed E-state index contributed by atoms with van der Waals surface area (Å²) >= 11 is 0. The molecule has 0 amide bonds. The largest absolute Gasteiger partial charge is 0.396 e. The number of aliphatic hydroxyl groups is 1. The fourth-order valence-electron chi connectivity index (χ4n) is 2.75. The maximum atomic E-state index is 9.11. The molecule has 0 bridgehead atoms. The van der Waals surface area contributed by atoms with Gasteiger partial charge in [0.2, 0.25) is 0 Å². The molecule has 2 heterocycles. The lowest BCUT2D eigenvalue weighted by Crippen LogP contribution is -2.43. The van der Waals surface area contributed by atoms with E-state index in [1.54, 1.807) is 0 Å². The first-order valence-corrected chi connectivity index (χ1v) is 7.77. The molecule has 0 radical (unpaired) electrons. The van der Waals surface area contributed by atoms with Crippen molar-refractivity contribution < 1.29 is 5.11 Å². The predicted octanol–water partition coefficient (Wildman–Crippen LogP) is 1.14. The van der Waals surface area contributed by atoms with Gasteiger partial charge in [0.05, 0.1) is 0 Å². The molecule has 0 aromatic carbocycles. The van der Waals surface area contributed by atoms with Crippen molar-refractivity contribution in [1.82, 2.24) is 15.1 Å². The highest BCUT2D eigenvalue weighted by Crippen LogP contribution is 2.18. The maximum Gasteiger partial charge on any atom is 0.193 e. The standard InChI is InChI=1S/C15H28N4O.HI/c1-3-16-15(17-10-13(2)12-20)19-9-6-14(11-19)18-7-4-5-8-18;/h4-5,13-14,20H,3,6-12H2,1-2H3,(H,16,17);1H. The van der Waals surface area contributed by atoms with Crippen molar-refractivity contribution in [2.24, 2.45) is 10.9 Å². The smallest absolute Gasteiger partial charge is 0.193 e. The van der Waals surface area contributed by atoms with Gasteiger partial charge in [-0.1, -0.05) is 19.1 Å². The molecule has 2 aliphatic heterocycles. The van der Waals surface area contributed by atoms with Gasteiger partial charge in [-0.25, -0.2) is 0 Å². The Kier molecular flexibility index (Phi) is 8.58. The Labute approximate surface area is 145 Å². The van der Waals surface area contributed by atoms with Crippen LogP contribution in [0.1, 0.15) is 20.3 Å². The second-order valence-corrected chi connectivity index (χ2v) is 5.80. The Morgan fingerprint density at radius 2 is 2.14 bits per heavy atom. The molecule has 0 aromatic rings. The van der Waals surface area contributed by atoms with Crippen LogP contribution >= 0.6 is 24.0 Å². The van der Waals surface area contributed by atoms with Crippen molar-refractivity contribution in [2.75, 3.05) is 45.9 Å². The first kappa shape index (κ1) is 18.7. The van der Waals surface area contributed by atoms with Crippen LogP contribution in [0, 0.1) is 5.92 Å². The number of hydrogen-bond acceptors (Lipinski definition) is 3. The van der Waals surface area contributed by atoms with Gasteiger partial charge < -0.3 is 15.3 Å². The van der Waals surface area contributed by atoms with E-state index in [9.17, 15) is 0 Å². The van der Waals surface area contributed by atoms with E-state index < -0.39 is 0 Å². The van der Waals surface area contributed by atoms with Crippen LogP contribution < -0.4 is 5.32 Å². The van der Waals surface area contributed by atoms with Crippen molar-refractivity contribution in [3.8, 4) is 0 Å². The first-order chi connectivity index (χ1) is 9.74. The Hall–Kier alpha value is -0.340. The molecule has 0 spiro atoms. The third-order valence-electron chi connectivity index (χ3n) is 4.03. The van der Waals surface area contributed by atoms with E-state index in [0.717, 1.165) is 38.7 Å². The molecule has 5 nitrogen and oxygen atoms in total. The van der Waals surface area contributed by atoms with Crippen molar-refractivity contribution in [1.29, 1.82) is 0 Å². The van der Waals surface area contributed by atoms with E-state index in [0.29, 0.717) is 12.6 Å². The maximum absolute atomic E-state index is 9.11. The van der Waals surface area contributed by atoms with Crippen molar-refractivity contribution in [2.45, 2.75) is 26.3 Å². The van der Waals surface area contributed by atoms with Crippen LogP contribution in [-0.4, -0.2) is 72.8 Å². The summed E-state index contributed by atoms with van der Waals surface area (Å²) in [6, 6.07) is 0.643. The average Bonchev–Trinajstić information content (AvgIpc) is 3.12. The summed E-state index contributed by atoms with van der Waals surface area (Å²) in [6.45, 7) is 10.2. The van der Waals surface area contributed by atoms with Gasteiger partial charge in [-0.05, 0) is 19.3 Å². The monoisotopic (exact) mass is 408 g/mol. The molecule has 21 heavy (non-hydrogen) atoms. The van der Waals surface area contributed by atoms with Crippen LogP contribution in [0.4, 0.5) is 0 Å². The molecule has 2 aliphatic rings. The Bertz CT molecular complexity index is 354. The van der Waals surface area contributed by atoms with Crippen LogP contribution in [-0.2, 0) is 0 Å². The summed E-state index contributed by atoms with van der Waals surface area (Å²) in [5.41, 5.74) is 0. The van der Waals surface area contributed by atoms with E-state index in [1.807, 2.05) is 6.92 Å². The lowest BCUT2D eigenvalue weighted by atomic mass is 10.2. The molecule has 1 saturated heterocycles. The summed E-state index contributed by atoms with van der Waals surface area (Å²) in [7, 11) is 0. The molecule has 2 atom stereocenters. The highest BCUT2D eigenvalue weighted by Gasteiger charge is 2.29. The lowest BCUT2D eigenvalue weighted by Gasteiger charge is -2.25. The second-order valence-electron chi connectivity index (χ2n) is 5.80. The van der Waals surface area contributed by atoms with Crippen LogP contribution in [0.15, 0.2) is 17.1 Å². The number of halogens is 1. The van der Waals surface area contributed by atoms with E-state index in [-0.39, 0.29) is 36.5 Å². The van der Waals surface area contributed by atoms with Crippen molar-refractivity contribution >= 4 is 29.9 Å². The summed E-state index contributed by atoms with van der Waals surface area (Å²) in [5.74, 6) is 1.23. The van der Waals surface area contributed by atoms with Gasteiger partial charge in [0, 0.05) is 51.9 Å². The second kappa shape index (κ2) is 9.63. The van der Waals surface area contributed by atoms with E-state index >= 15 is 0 Å².